The molecule has 1 saturated carbocycles. The lowest BCUT2D eigenvalue weighted by atomic mass is 10.2. The van der Waals surface area contributed by atoms with Crippen LogP contribution in [-0.4, -0.2) is 24.1 Å². The lowest BCUT2D eigenvalue weighted by Crippen LogP contribution is -2.39. The maximum Gasteiger partial charge on any atom is 0.331 e. The van der Waals surface area contributed by atoms with Gasteiger partial charge in [-0.1, -0.05) is 5.16 Å². The van der Waals surface area contributed by atoms with Crippen molar-refractivity contribution in [1.29, 1.82) is 0 Å². The number of hydrogen-bond acceptors (Lipinski definition) is 5. The molecule has 1 fully saturated rings. The number of fused-ring (bicyclic) bond motifs is 1. The van der Waals surface area contributed by atoms with E-state index in [9.17, 15) is 9.59 Å². The lowest BCUT2D eigenvalue weighted by Gasteiger charge is -2.09. The van der Waals surface area contributed by atoms with Gasteiger partial charge in [0.05, 0.1) is 17.4 Å². The van der Waals surface area contributed by atoms with Crippen LogP contribution >= 0.6 is 0 Å². The van der Waals surface area contributed by atoms with E-state index in [-0.39, 0.29) is 11.2 Å². The van der Waals surface area contributed by atoms with Crippen LogP contribution in [0.4, 0.5) is 0 Å². The minimum absolute atomic E-state index is 0.259. The summed E-state index contributed by atoms with van der Waals surface area (Å²) in [7, 11) is 1.68. The van der Waals surface area contributed by atoms with Crippen LogP contribution in [0.15, 0.2) is 26.4 Å². The second kappa shape index (κ2) is 6.02. The fraction of sp³-hybridized carbons (Fsp3) is 0.529. The Bertz CT molecular complexity index is 1030. The maximum atomic E-state index is 12.9. The first-order chi connectivity index (χ1) is 12.0. The molecule has 0 saturated heterocycles. The molecule has 0 unspecified atom stereocenters. The van der Waals surface area contributed by atoms with Crippen LogP contribution in [0.1, 0.15) is 30.7 Å². The summed E-state index contributed by atoms with van der Waals surface area (Å²) in [6.07, 6.45) is 5.24. The van der Waals surface area contributed by atoms with Crippen molar-refractivity contribution in [3.63, 3.8) is 0 Å². The molecule has 4 rings (SSSR count). The summed E-state index contributed by atoms with van der Waals surface area (Å²) in [6.45, 7) is 2.95. The van der Waals surface area contributed by atoms with Crippen LogP contribution in [0.3, 0.4) is 0 Å². The SMILES string of the molecule is Cc1cc(CCCn2c(=O)c3c(cnn3CC3CC3)n(C)c2=O)on1. The number of aromatic nitrogens is 5. The normalized spacial score (nSPS) is 14.5. The molecule has 3 heterocycles. The van der Waals surface area contributed by atoms with Gasteiger partial charge in [0.25, 0.3) is 5.56 Å². The van der Waals surface area contributed by atoms with E-state index in [0.29, 0.717) is 36.3 Å². The van der Waals surface area contributed by atoms with Gasteiger partial charge in [-0.15, -0.1) is 0 Å². The summed E-state index contributed by atoms with van der Waals surface area (Å²) in [5.74, 6) is 1.37. The molecule has 3 aromatic heterocycles. The summed E-state index contributed by atoms with van der Waals surface area (Å²) in [5.41, 5.74) is 1.37. The smallest absolute Gasteiger partial charge is 0.331 e. The fourth-order valence-corrected chi connectivity index (χ4v) is 3.17. The van der Waals surface area contributed by atoms with Crippen LogP contribution in [0.2, 0.25) is 0 Å². The number of aryl methyl sites for hydroxylation is 3. The largest absolute Gasteiger partial charge is 0.361 e. The highest BCUT2D eigenvalue weighted by atomic mass is 16.5. The highest BCUT2D eigenvalue weighted by molar-refractivity contribution is 5.73. The molecule has 1 aliphatic carbocycles. The fourth-order valence-electron chi connectivity index (χ4n) is 3.17. The zero-order valence-electron chi connectivity index (χ0n) is 14.4. The average molecular weight is 343 g/mol. The molecule has 0 atom stereocenters. The van der Waals surface area contributed by atoms with Gasteiger partial charge in [-0.3, -0.25) is 18.6 Å². The van der Waals surface area contributed by atoms with Gasteiger partial charge in [0.1, 0.15) is 5.76 Å². The summed E-state index contributed by atoms with van der Waals surface area (Å²) in [6, 6.07) is 1.87. The van der Waals surface area contributed by atoms with Gasteiger partial charge in [0.15, 0.2) is 5.52 Å². The second-order valence-corrected chi connectivity index (χ2v) is 6.84. The van der Waals surface area contributed by atoms with Crippen molar-refractivity contribution in [3.05, 3.63) is 44.6 Å². The molecule has 0 N–H and O–H groups in total. The van der Waals surface area contributed by atoms with Gasteiger partial charge in [-0.2, -0.15) is 5.10 Å². The molecule has 0 radical (unpaired) electrons. The van der Waals surface area contributed by atoms with Crippen LogP contribution in [0.5, 0.6) is 0 Å². The molecule has 0 spiro atoms. The Morgan fingerprint density at radius 1 is 1.32 bits per heavy atom. The third kappa shape index (κ3) is 2.92. The molecule has 8 heteroatoms. The minimum Gasteiger partial charge on any atom is -0.361 e. The van der Waals surface area contributed by atoms with Gasteiger partial charge in [0.2, 0.25) is 0 Å². The highest BCUT2D eigenvalue weighted by Gasteiger charge is 2.24. The van der Waals surface area contributed by atoms with E-state index >= 15 is 0 Å². The molecule has 132 valence electrons. The molecule has 0 amide bonds. The van der Waals surface area contributed by atoms with E-state index in [1.807, 2.05) is 13.0 Å². The molecule has 8 nitrogen and oxygen atoms in total. The van der Waals surface area contributed by atoms with Gasteiger partial charge < -0.3 is 4.52 Å². The van der Waals surface area contributed by atoms with E-state index in [1.54, 1.807) is 17.9 Å². The Morgan fingerprint density at radius 3 is 2.80 bits per heavy atom. The molecule has 0 aliphatic heterocycles. The van der Waals surface area contributed by atoms with Crippen molar-refractivity contribution in [3.8, 4) is 0 Å². The molecule has 1 aliphatic rings. The topological polar surface area (TPSA) is 87.9 Å². The van der Waals surface area contributed by atoms with Gasteiger partial charge in [-0.05, 0) is 32.1 Å². The molecular weight excluding hydrogens is 322 g/mol. The van der Waals surface area contributed by atoms with Crippen molar-refractivity contribution in [2.75, 3.05) is 0 Å². The maximum absolute atomic E-state index is 12.9. The Balaban J connectivity index is 1.65. The van der Waals surface area contributed by atoms with E-state index < -0.39 is 0 Å². The Hall–Kier alpha value is -2.64. The minimum atomic E-state index is -0.308. The zero-order valence-corrected chi connectivity index (χ0v) is 14.4. The van der Waals surface area contributed by atoms with Crippen molar-refractivity contribution in [1.82, 2.24) is 24.1 Å². The Kier molecular flexibility index (Phi) is 3.82. The summed E-state index contributed by atoms with van der Waals surface area (Å²) < 4.78 is 9.74. The Labute approximate surface area is 143 Å². The molecule has 0 aromatic carbocycles. The number of hydrogen-bond donors (Lipinski definition) is 0. The van der Waals surface area contributed by atoms with Crippen LogP contribution < -0.4 is 11.2 Å². The average Bonchev–Trinajstić information content (AvgIpc) is 3.15. The molecular formula is C17H21N5O3. The van der Waals surface area contributed by atoms with Gasteiger partial charge in [-0.25, -0.2) is 4.79 Å². The van der Waals surface area contributed by atoms with Crippen LogP contribution in [-0.2, 0) is 26.6 Å². The van der Waals surface area contributed by atoms with Crippen molar-refractivity contribution >= 4 is 11.0 Å². The number of rotatable bonds is 6. The quantitative estimate of drug-likeness (QED) is 0.672. The monoisotopic (exact) mass is 343 g/mol. The first-order valence-corrected chi connectivity index (χ1v) is 8.62. The van der Waals surface area contributed by atoms with Crippen molar-refractivity contribution in [2.45, 2.75) is 45.7 Å². The predicted octanol–water partition coefficient (Wildman–Crippen LogP) is 1.24. The van der Waals surface area contributed by atoms with Crippen molar-refractivity contribution < 1.29 is 4.52 Å². The summed E-state index contributed by atoms with van der Waals surface area (Å²) in [4.78, 5) is 25.4. The van der Waals surface area contributed by atoms with Crippen LogP contribution in [0, 0.1) is 12.8 Å². The van der Waals surface area contributed by atoms with E-state index in [0.717, 1.165) is 18.0 Å². The van der Waals surface area contributed by atoms with Gasteiger partial charge in [0, 0.05) is 32.6 Å². The third-order valence-electron chi connectivity index (χ3n) is 4.76. The molecule has 25 heavy (non-hydrogen) atoms. The number of nitrogens with zero attached hydrogens (tertiary/aromatic N) is 5. The molecule has 3 aromatic rings. The first kappa shape index (κ1) is 15.9. The zero-order chi connectivity index (χ0) is 17.6. The van der Waals surface area contributed by atoms with E-state index in [1.165, 1.54) is 22.0 Å². The van der Waals surface area contributed by atoms with Crippen LogP contribution in [0.25, 0.3) is 11.0 Å². The molecule has 0 bridgehead atoms. The summed E-state index contributed by atoms with van der Waals surface area (Å²) >= 11 is 0. The third-order valence-corrected chi connectivity index (χ3v) is 4.76. The highest BCUT2D eigenvalue weighted by Crippen LogP contribution is 2.30. The standard InChI is InChI=1S/C17H21N5O3/c1-11-8-13(25-19-11)4-3-7-21-16(23)15-14(20(2)17(21)24)9-18-22(15)10-12-5-6-12/h8-9,12H,3-7,10H2,1-2H3. The second-order valence-electron chi connectivity index (χ2n) is 6.84. The van der Waals surface area contributed by atoms with Gasteiger partial charge >= 0.3 is 5.69 Å². The predicted molar refractivity (Wildman–Crippen MR) is 91.5 cm³/mol. The van der Waals surface area contributed by atoms with E-state index in [2.05, 4.69) is 10.3 Å². The van der Waals surface area contributed by atoms with Crippen molar-refractivity contribution in [2.24, 2.45) is 13.0 Å². The lowest BCUT2D eigenvalue weighted by molar-refractivity contribution is 0.373. The summed E-state index contributed by atoms with van der Waals surface area (Å²) in [5, 5.41) is 8.18. The van der Waals surface area contributed by atoms with E-state index in [4.69, 9.17) is 4.52 Å². The Morgan fingerprint density at radius 2 is 2.12 bits per heavy atom. The first-order valence-electron chi connectivity index (χ1n) is 8.62.